The van der Waals surface area contributed by atoms with Crippen molar-refractivity contribution >= 4 is 54.7 Å². The van der Waals surface area contributed by atoms with Gasteiger partial charge < -0.3 is 9.80 Å². The normalized spacial score (nSPS) is 22.0. The molecule has 0 bridgehead atoms. The second-order valence-electron chi connectivity index (χ2n) is 7.10. The Morgan fingerprint density at radius 1 is 1.14 bits per heavy atom. The van der Waals surface area contributed by atoms with E-state index in [1.54, 1.807) is 15.9 Å². The Morgan fingerprint density at radius 2 is 1.82 bits per heavy atom. The van der Waals surface area contributed by atoms with Crippen molar-refractivity contribution in [2.75, 3.05) is 37.7 Å². The third-order valence-electron chi connectivity index (χ3n) is 5.25. The summed E-state index contributed by atoms with van der Waals surface area (Å²) in [6.07, 6.45) is 0.369. The predicted octanol–water partition coefficient (Wildman–Crippen LogP) is 2.41. The Kier molecular flexibility index (Phi) is 5.09. The Morgan fingerprint density at radius 3 is 2.46 bits per heavy atom. The van der Waals surface area contributed by atoms with Gasteiger partial charge in [-0.2, -0.15) is 0 Å². The number of nitrogens with zero attached hydrogens (tertiary/aromatic N) is 2. The summed E-state index contributed by atoms with van der Waals surface area (Å²) in [5.74, 6) is -1.26. The lowest BCUT2D eigenvalue weighted by atomic mass is 10.1. The van der Waals surface area contributed by atoms with Crippen LogP contribution in [0.5, 0.6) is 0 Å². The molecule has 2 aliphatic rings. The molecule has 2 aliphatic heterocycles. The van der Waals surface area contributed by atoms with E-state index in [0.717, 1.165) is 11.3 Å². The highest BCUT2D eigenvalue weighted by molar-refractivity contribution is 7.91. The van der Waals surface area contributed by atoms with Crippen LogP contribution in [0, 0.1) is 11.7 Å². The lowest BCUT2D eigenvalue weighted by Gasteiger charge is -2.35. The maximum atomic E-state index is 13.4. The van der Waals surface area contributed by atoms with E-state index in [0.29, 0.717) is 52.6 Å². The number of hydrogen-bond acceptors (Lipinski definition) is 5. The number of fused-ring (bicyclic) bond motifs is 1. The van der Waals surface area contributed by atoms with Gasteiger partial charge in [-0.25, -0.2) is 12.8 Å². The molecule has 0 spiro atoms. The Hall–Kier alpha value is -1.71. The first-order valence-corrected chi connectivity index (χ1v) is 11.9. The number of sulfone groups is 1. The van der Waals surface area contributed by atoms with Crippen molar-refractivity contribution in [2.45, 2.75) is 6.42 Å². The first kappa shape index (κ1) is 19.6. The number of piperazine rings is 1. The number of benzene rings is 1. The zero-order valence-electron chi connectivity index (χ0n) is 14.9. The number of carbonyl (C=O) groups excluding carboxylic acids is 2. The van der Waals surface area contributed by atoms with Crippen LogP contribution in [-0.2, 0) is 14.6 Å². The quantitative estimate of drug-likeness (QED) is 0.713. The highest BCUT2D eigenvalue weighted by Gasteiger charge is 2.37. The summed E-state index contributed by atoms with van der Waals surface area (Å²) in [6, 6.07) is 4.23. The van der Waals surface area contributed by atoms with E-state index in [2.05, 4.69) is 0 Å². The highest BCUT2D eigenvalue weighted by Crippen LogP contribution is 2.36. The molecule has 1 unspecified atom stereocenters. The molecule has 150 valence electrons. The topological polar surface area (TPSA) is 74.8 Å². The average molecular weight is 445 g/mol. The lowest BCUT2D eigenvalue weighted by Crippen LogP contribution is -2.52. The molecule has 0 N–H and O–H groups in total. The van der Waals surface area contributed by atoms with Crippen molar-refractivity contribution in [3.8, 4) is 0 Å². The van der Waals surface area contributed by atoms with Gasteiger partial charge >= 0.3 is 0 Å². The zero-order chi connectivity index (χ0) is 20.1. The summed E-state index contributed by atoms with van der Waals surface area (Å²) >= 11 is 7.49. The van der Waals surface area contributed by atoms with E-state index in [9.17, 15) is 22.4 Å². The van der Waals surface area contributed by atoms with Crippen LogP contribution in [0.1, 0.15) is 16.1 Å². The van der Waals surface area contributed by atoms with E-state index in [4.69, 9.17) is 11.6 Å². The molecule has 0 saturated carbocycles. The fourth-order valence-corrected chi connectivity index (χ4v) is 6.94. The largest absolute Gasteiger partial charge is 0.339 e. The van der Waals surface area contributed by atoms with Gasteiger partial charge in [0.1, 0.15) is 10.7 Å². The van der Waals surface area contributed by atoms with Gasteiger partial charge in [-0.1, -0.05) is 11.6 Å². The molecule has 1 atom stereocenters. The van der Waals surface area contributed by atoms with Crippen LogP contribution in [0.25, 0.3) is 10.1 Å². The molecule has 3 heterocycles. The van der Waals surface area contributed by atoms with Gasteiger partial charge in [0.2, 0.25) is 5.91 Å². The minimum absolute atomic E-state index is 0.0624. The molecule has 2 amide bonds. The molecule has 2 fully saturated rings. The predicted molar refractivity (Wildman–Crippen MR) is 106 cm³/mol. The summed E-state index contributed by atoms with van der Waals surface area (Å²) in [6.45, 7) is 1.42. The fourth-order valence-electron chi connectivity index (χ4n) is 3.70. The van der Waals surface area contributed by atoms with Crippen molar-refractivity contribution in [3.05, 3.63) is 33.9 Å². The summed E-state index contributed by atoms with van der Waals surface area (Å²) in [4.78, 5) is 29.0. The van der Waals surface area contributed by atoms with Crippen LogP contribution in [0.15, 0.2) is 18.2 Å². The molecule has 2 aromatic rings. The molecular weight excluding hydrogens is 427 g/mol. The number of hydrogen-bond donors (Lipinski definition) is 0. The first-order valence-electron chi connectivity index (χ1n) is 8.91. The van der Waals surface area contributed by atoms with Crippen molar-refractivity contribution in [1.82, 2.24) is 9.80 Å². The standard InChI is InChI=1S/C18H18ClFN2O4S2/c19-15-13-2-1-12(20)9-14(13)27-16(15)18(24)22-6-4-21(5-7-22)17(23)11-3-8-28(25,26)10-11/h1-2,9,11H,3-8,10H2. The fraction of sp³-hybridized carbons (Fsp3) is 0.444. The van der Waals surface area contributed by atoms with Gasteiger partial charge in [0, 0.05) is 36.3 Å². The molecule has 28 heavy (non-hydrogen) atoms. The van der Waals surface area contributed by atoms with Gasteiger partial charge in [0.25, 0.3) is 5.91 Å². The monoisotopic (exact) mass is 444 g/mol. The third-order valence-corrected chi connectivity index (χ3v) is 8.66. The van der Waals surface area contributed by atoms with Gasteiger partial charge in [-0.05, 0) is 24.6 Å². The minimum Gasteiger partial charge on any atom is -0.339 e. The summed E-state index contributed by atoms with van der Waals surface area (Å²) < 4.78 is 37.2. The zero-order valence-corrected chi connectivity index (χ0v) is 17.2. The number of rotatable bonds is 2. The maximum absolute atomic E-state index is 13.4. The third kappa shape index (κ3) is 3.62. The number of carbonyl (C=O) groups is 2. The van der Waals surface area contributed by atoms with E-state index >= 15 is 0 Å². The minimum atomic E-state index is -3.11. The van der Waals surface area contributed by atoms with Crippen molar-refractivity contribution in [2.24, 2.45) is 5.92 Å². The van der Waals surface area contributed by atoms with Crippen molar-refractivity contribution < 1.29 is 22.4 Å². The van der Waals surface area contributed by atoms with Gasteiger partial charge in [-0.15, -0.1) is 11.3 Å². The van der Waals surface area contributed by atoms with Crippen LogP contribution in [0.4, 0.5) is 4.39 Å². The molecule has 1 aromatic heterocycles. The molecule has 0 aliphatic carbocycles. The van der Waals surface area contributed by atoms with Crippen LogP contribution in [-0.4, -0.2) is 67.7 Å². The van der Waals surface area contributed by atoms with Crippen LogP contribution < -0.4 is 0 Å². The SMILES string of the molecule is O=C(c1sc2cc(F)ccc2c1Cl)N1CCN(C(=O)C2CCS(=O)(=O)C2)CC1. The Labute approximate surface area is 170 Å². The Bertz CT molecular complexity index is 1060. The summed E-state index contributed by atoms with van der Waals surface area (Å²) in [5, 5.41) is 0.965. The smallest absolute Gasteiger partial charge is 0.265 e. The van der Waals surface area contributed by atoms with Gasteiger partial charge in [0.05, 0.1) is 22.4 Å². The second-order valence-corrected chi connectivity index (χ2v) is 10.8. The number of amides is 2. The number of thiophene rings is 1. The van der Waals surface area contributed by atoms with Crippen molar-refractivity contribution in [1.29, 1.82) is 0 Å². The van der Waals surface area contributed by atoms with E-state index in [1.807, 2.05) is 0 Å². The molecule has 6 nitrogen and oxygen atoms in total. The molecule has 2 saturated heterocycles. The van der Waals surface area contributed by atoms with Crippen LogP contribution >= 0.6 is 22.9 Å². The van der Waals surface area contributed by atoms with E-state index in [-0.39, 0.29) is 29.1 Å². The second kappa shape index (κ2) is 7.27. The average Bonchev–Trinajstić information content (AvgIpc) is 3.19. The first-order chi connectivity index (χ1) is 13.2. The molecule has 10 heteroatoms. The van der Waals surface area contributed by atoms with Gasteiger partial charge in [0.15, 0.2) is 9.84 Å². The van der Waals surface area contributed by atoms with E-state index < -0.39 is 15.8 Å². The Balaban J connectivity index is 1.43. The van der Waals surface area contributed by atoms with Gasteiger partial charge in [-0.3, -0.25) is 9.59 Å². The van der Waals surface area contributed by atoms with Crippen molar-refractivity contribution in [3.63, 3.8) is 0 Å². The maximum Gasteiger partial charge on any atom is 0.265 e. The lowest BCUT2D eigenvalue weighted by molar-refractivity contribution is -0.136. The highest BCUT2D eigenvalue weighted by atomic mass is 35.5. The molecular formula is C18H18ClFN2O4S2. The van der Waals surface area contributed by atoms with E-state index in [1.165, 1.54) is 12.1 Å². The van der Waals surface area contributed by atoms with Crippen LogP contribution in [0.2, 0.25) is 5.02 Å². The molecule has 0 radical (unpaired) electrons. The molecule has 1 aromatic carbocycles. The molecule has 4 rings (SSSR count). The summed E-state index contributed by atoms with van der Waals surface area (Å²) in [7, 11) is -3.11. The summed E-state index contributed by atoms with van der Waals surface area (Å²) in [5.41, 5.74) is 0. The van der Waals surface area contributed by atoms with Crippen LogP contribution in [0.3, 0.4) is 0 Å². The number of halogens is 2.